The Labute approximate surface area is 185 Å². The van der Waals surface area contributed by atoms with E-state index in [2.05, 4.69) is 41.5 Å². The molecule has 0 bridgehead atoms. The Morgan fingerprint density at radius 2 is 0.875 bits per heavy atom. The molecule has 4 heteroatoms. The molecule has 162 valence electrons. The number of hydrogen-bond donors (Lipinski definition) is 0. The van der Waals surface area contributed by atoms with E-state index >= 15 is 0 Å². The number of benzene rings is 3. The first-order valence-corrected chi connectivity index (χ1v) is 10.9. The summed E-state index contributed by atoms with van der Waals surface area (Å²) in [5, 5.41) is 3.96. The molecule has 0 saturated heterocycles. The SMILES string of the molecule is CC(C)(C)c1ccc2oc(=O)c3cc4c(cc3c2c1)c(=O)oc1ccc(C(C)(C)C)cc14. The minimum Gasteiger partial charge on any atom is -0.422 e. The lowest BCUT2D eigenvalue weighted by molar-refractivity contribution is 0.565. The molecule has 0 fully saturated rings. The third kappa shape index (κ3) is 3.13. The fraction of sp³-hybridized carbons (Fsp3) is 0.286. The zero-order chi connectivity index (χ0) is 23.0. The Morgan fingerprint density at radius 1 is 0.500 bits per heavy atom. The average molecular weight is 427 g/mol. The van der Waals surface area contributed by atoms with Crippen molar-refractivity contribution in [3.05, 3.63) is 80.5 Å². The Kier molecular flexibility index (Phi) is 4.20. The smallest absolute Gasteiger partial charge is 0.344 e. The van der Waals surface area contributed by atoms with Crippen molar-refractivity contribution in [3.8, 4) is 0 Å². The molecule has 0 aliphatic carbocycles. The van der Waals surface area contributed by atoms with Gasteiger partial charge >= 0.3 is 11.3 Å². The van der Waals surface area contributed by atoms with E-state index < -0.39 is 11.3 Å². The molecule has 2 aromatic heterocycles. The summed E-state index contributed by atoms with van der Waals surface area (Å²) in [5.41, 5.74) is 2.32. The van der Waals surface area contributed by atoms with Crippen molar-refractivity contribution in [2.24, 2.45) is 0 Å². The Bertz CT molecular complexity index is 1540. The molecule has 4 nitrogen and oxygen atoms in total. The van der Waals surface area contributed by atoms with E-state index in [9.17, 15) is 9.59 Å². The summed E-state index contributed by atoms with van der Waals surface area (Å²) in [4.78, 5) is 25.8. The zero-order valence-electron chi connectivity index (χ0n) is 19.3. The van der Waals surface area contributed by atoms with E-state index in [0.717, 1.165) is 21.9 Å². The van der Waals surface area contributed by atoms with Gasteiger partial charge in [0.1, 0.15) is 11.2 Å². The Balaban J connectivity index is 1.96. The van der Waals surface area contributed by atoms with E-state index in [4.69, 9.17) is 8.83 Å². The molecule has 2 heterocycles. The van der Waals surface area contributed by atoms with Gasteiger partial charge in [-0.3, -0.25) is 0 Å². The lowest BCUT2D eigenvalue weighted by atomic mass is 9.85. The summed E-state index contributed by atoms with van der Waals surface area (Å²) in [7, 11) is 0. The molecule has 5 rings (SSSR count). The van der Waals surface area contributed by atoms with Crippen molar-refractivity contribution in [1.29, 1.82) is 0 Å². The Hall–Kier alpha value is -3.40. The third-order valence-electron chi connectivity index (χ3n) is 6.27. The maximum absolute atomic E-state index is 12.9. The standard InChI is InChI=1S/C28H26O4/c1-27(2,3)15-7-9-23-19(11-15)17-13-22-18(14-21(17)25(29)31-23)20-12-16(28(4,5)6)8-10-24(20)32-26(22)30/h7-14H,1-6H3. The fourth-order valence-corrected chi connectivity index (χ4v) is 4.28. The highest BCUT2D eigenvalue weighted by atomic mass is 16.4. The number of rotatable bonds is 0. The van der Waals surface area contributed by atoms with Crippen molar-refractivity contribution < 1.29 is 8.83 Å². The van der Waals surface area contributed by atoms with Gasteiger partial charge in [-0.15, -0.1) is 0 Å². The lowest BCUT2D eigenvalue weighted by Crippen LogP contribution is -2.11. The maximum atomic E-state index is 12.9. The summed E-state index contributed by atoms with van der Waals surface area (Å²) < 4.78 is 11.3. The Morgan fingerprint density at radius 3 is 1.22 bits per heavy atom. The highest BCUT2D eigenvalue weighted by Gasteiger charge is 2.19. The van der Waals surface area contributed by atoms with Crippen LogP contribution in [0.25, 0.3) is 43.5 Å². The second-order valence-electron chi connectivity index (χ2n) is 10.6. The quantitative estimate of drug-likeness (QED) is 0.155. The van der Waals surface area contributed by atoms with Gasteiger partial charge in [-0.05, 0) is 58.4 Å². The van der Waals surface area contributed by atoms with Gasteiger partial charge in [0.2, 0.25) is 0 Å². The molecule has 0 saturated carbocycles. The minimum atomic E-state index is -0.411. The van der Waals surface area contributed by atoms with Gasteiger partial charge in [0, 0.05) is 21.5 Å². The average Bonchev–Trinajstić information content (AvgIpc) is 2.71. The van der Waals surface area contributed by atoms with Crippen LogP contribution in [0.15, 0.2) is 67.0 Å². The normalized spacial score (nSPS) is 12.9. The van der Waals surface area contributed by atoms with E-state index in [-0.39, 0.29) is 10.8 Å². The summed E-state index contributed by atoms with van der Waals surface area (Å²) in [6.07, 6.45) is 0. The van der Waals surface area contributed by atoms with Gasteiger partial charge < -0.3 is 8.83 Å². The highest BCUT2D eigenvalue weighted by molar-refractivity contribution is 6.14. The third-order valence-corrected chi connectivity index (χ3v) is 6.27. The largest absolute Gasteiger partial charge is 0.422 e. The summed E-state index contributed by atoms with van der Waals surface area (Å²) in [6.45, 7) is 12.8. The van der Waals surface area contributed by atoms with Gasteiger partial charge in [0.05, 0.1) is 10.8 Å². The van der Waals surface area contributed by atoms with Crippen molar-refractivity contribution in [1.82, 2.24) is 0 Å². The predicted octanol–water partition coefficient (Wildman–Crippen LogP) is 6.80. The molecule has 0 N–H and O–H groups in total. The second kappa shape index (κ2) is 6.55. The van der Waals surface area contributed by atoms with Crippen LogP contribution in [0.2, 0.25) is 0 Å². The molecule has 0 aliphatic heterocycles. The van der Waals surface area contributed by atoms with Gasteiger partial charge in [-0.25, -0.2) is 9.59 Å². The van der Waals surface area contributed by atoms with Crippen molar-refractivity contribution in [3.63, 3.8) is 0 Å². The first kappa shape index (κ1) is 20.5. The van der Waals surface area contributed by atoms with Gasteiger partial charge in [-0.2, -0.15) is 0 Å². The van der Waals surface area contributed by atoms with Crippen LogP contribution in [0.5, 0.6) is 0 Å². The van der Waals surface area contributed by atoms with Gasteiger partial charge in [0.15, 0.2) is 0 Å². The van der Waals surface area contributed by atoms with Crippen LogP contribution in [0.4, 0.5) is 0 Å². The van der Waals surface area contributed by atoms with Crippen LogP contribution in [-0.2, 0) is 10.8 Å². The molecule has 3 aromatic carbocycles. The molecule has 0 radical (unpaired) electrons. The molecule has 0 spiro atoms. The van der Waals surface area contributed by atoms with Crippen LogP contribution >= 0.6 is 0 Å². The van der Waals surface area contributed by atoms with Crippen LogP contribution in [0, 0.1) is 0 Å². The number of hydrogen-bond acceptors (Lipinski definition) is 4. The van der Waals surface area contributed by atoms with E-state index in [1.54, 1.807) is 12.1 Å². The summed E-state index contributed by atoms with van der Waals surface area (Å²) in [5.74, 6) is 0. The van der Waals surface area contributed by atoms with Crippen LogP contribution in [-0.4, -0.2) is 0 Å². The van der Waals surface area contributed by atoms with Crippen molar-refractivity contribution >= 4 is 43.5 Å². The maximum Gasteiger partial charge on any atom is 0.344 e. The molecular formula is C28H26O4. The lowest BCUT2D eigenvalue weighted by Gasteiger charge is -2.20. The molecule has 0 amide bonds. The van der Waals surface area contributed by atoms with E-state index in [1.807, 2.05) is 36.4 Å². The van der Waals surface area contributed by atoms with Crippen molar-refractivity contribution in [2.45, 2.75) is 52.4 Å². The monoisotopic (exact) mass is 426 g/mol. The molecule has 0 aliphatic rings. The summed E-state index contributed by atoms with van der Waals surface area (Å²) in [6, 6.07) is 15.3. The second-order valence-corrected chi connectivity index (χ2v) is 10.6. The zero-order valence-corrected chi connectivity index (χ0v) is 19.3. The first-order chi connectivity index (χ1) is 14.9. The highest BCUT2D eigenvalue weighted by Crippen LogP contribution is 2.34. The first-order valence-electron chi connectivity index (χ1n) is 10.9. The molecule has 5 aromatic rings. The summed E-state index contributed by atoms with van der Waals surface area (Å²) >= 11 is 0. The predicted molar refractivity (Wildman–Crippen MR) is 131 cm³/mol. The van der Waals surface area contributed by atoms with E-state index in [1.165, 1.54) is 0 Å². The van der Waals surface area contributed by atoms with Crippen LogP contribution in [0.3, 0.4) is 0 Å². The number of fused-ring (bicyclic) bond motifs is 6. The fourth-order valence-electron chi connectivity index (χ4n) is 4.28. The molecule has 0 unspecified atom stereocenters. The minimum absolute atomic E-state index is 0.0634. The van der Waals surface area contributed by atoms with Crippen LogP contribution < -0.4 is 11.3 Å². The molecule has 32 heavy (non-hydrogen) atoms. The van der Waals surface area contributed by atoms with Gasteiger partial charge in [0.25, 0.3) is 0 Å². The van der Waals surface area contributed by atoms with E-state index in [0.29, 0.717) is 32.7 Å². The van der Waals surface area contributed by atoms with Gasteiger partial charge in [-0.1, -0.05) is 53.7 Å². The van der Waals surface area contributed by atoms with Crippen molar-refractivity contribution in [2.75, 3.05) is 0 Å². The topological polar surface area (TPSA) is 60.4 Å². The molecular weight excluding hydrogens is 400 g/mol. The van der Waals surface area contributed by atoms with Crippen LogP contribution in [0.1, 0.15) is 52.7 Å². The molecule has 0 atom stereocenters.